The maximum absolute atomic E-state index is 11.9. The first-order valence-corrected chi connectivity index (χ1v) is 8.61. The number of rotatable bonds is 8. The van der Waals surface area contributed by atoms with Crippen molar-refractivity contribution in [3.8, 4) is 0 Å². The molecule has 13 heteroatoms. The molecule has 0 saturated carbocycles. The lowest BCUT2D eigenvalue weighted by molar-refractivity contribution is -0.384. The van der Waals surface area contributed by atoms with Gasteiger partial charge in [0.2, 0.25) is 11.6 Å². The van der Waals surface area contributed by atoms with Crippen molar-refractivity contribution in [1.29, 1.82) is 0 Å². The van der Waals surface area contributed by atoms with Crippen molar-refractivity contribution in [2.75, 3.05) is 23.3 Å². The van der Waals surface area contributed by atoms with Gasteiger partial charge in [0, 0.05) is 12.1 Å². The van der Waals surface area contributed by atoms with Crippen LogP contribution in [0, 0.1) is 20.2 Å². The fourth-order valence-electron chi connectivity index (χ4n) is 2.54. The van der Waals surface area contributed by atoms with E-state index in [1.165, 1.54) is 37.4 Å². The highest BCUT2D eigenvalue weighted by Gasteiger charge is 2.24. The van der Waals surface area contributed by atoms with Gasteiger partial charge in [0.05, 0.1) is 33.9 Å². The average molecular weight is 425 g/mol. The average Bonchev–Trinajstić information content (AvgIpc) is 2.77. The van der Waals surface area contributed by atoms with Gasteiger partial charge in [0.25, 0.3) is 5.69 Å². The lowest BCUT2D eigenvalue weighted by Gasteiger charge is -2.13. The molecule has 13 nitrogen and oxygen atoms in total. The summed E-state index contributed by atoms with van der Waals surface area (Å²) in [6.45, 7) is 0. The van der Waals surface area contributed by atoms with Crippen molar-refractivity contribution in [1.82, 2.24) is 9.97 Å². The molecule has 0 aliphatic rings. The number of nitrogens with one attached hydrogen (secondary N) is 3. The monoisotopic (exact) mass is 425 g/mol. The largest absolute Gasteiger partial charge is 0.465 e. The molecule has 0 saturated heterocycles. The van der Waals surface area contributed by atoms with E-state index in [0.717, 1.165) is 6.33 Å². The Kier molecular flexibility index (Phi) is 6.16. The summed E-state index contributed by atoms with van der Waals surface area (Å²) in [5.41, 5.74) is 5.51. The zero-order valence-electron chi connectivity index (χ0n) is 15.9. The van der Waals surface area contributed by atoms with Crippen molar-refractivity contribution >= 4 is 40.4 Å². The van der Waals surface area contributed by atoms with Crippen molar-refractivity contribution in [3.63, 3.8) is 0 Å². The Morgan fingerprint density at radius 2 is 1.61 bits per heavy atom. The van der Waals surface area contributed by atoms with Gasteiger partial charge in [-0.3, -0.25) is 31.1 Å². The number of hydrogen-bond acceptors (Lipinski definition) is 11. The fourth-order valence-corrected chi connectivity index (χ4v) is 2.54. The highest BCUT2D eigenvalue weighted by molar-refractivity contribution is 5.96. The highest BCUT2D eigenvalue weighted by Crippen LogP contribution is 2.32. The number of non-ortho nitro benzene ring substituents is 1. The van der Waals surface area contributed by atoms with Crippen LogP contribution < -0.4 is 16.2 Å². The minimum atomic E-state index is -0.692. The number of benzene rings is 2. The van der Waals surface area contributed by atoms with Gasteiger partial charge >= 0.3 is 11.7 Å². The number of para-hydroxylation sites is 1. The molecule has 0 radical (unpaired) electrons. The van der Waals surface area contributed by atoms with Crippen LogP contribution in [0.25, 0.3) is 0 Å². The standard InChI is InChI=1S/C18H15N7O6/c1-31-18(26)13-4-2-3-5-14(13)21-16-15(25(29)30)17(20-10-19-16)23-22-11-6-8-12(9-7-11)24(27)28/h2-10,22H,1H3,(H2,19,20,21,23). The molecule has 0 atom stereocenters. The molecule has 158 valence electrons. The Bertz CT molecular complexity index is 1140. The van der Waals surface area contributed by atoms with Crippen LogP contribution in [0.4, 0.5) is 34.4 Å². The van der Waals surface area contributed by atoms with Gasteiger partial charge in [-0.1, -0.05) is 12.1 Å². The summed E-state index contributed by atoms with van der Waals surface area (Å²) >= 11 is 0. The van der Waals surface area contributed by atoms with Gasteiger partial charge in [0.1, 0.15) is 6.33 Å². The van der Waals surface area contributed by atoms with E-state index in [1.807, 2.05) is 0 Å². The molecule has 3 aromatic rings. The lowest BCUT2D eigenvalue weighted by atomic mass is 10.2. The van der Waals surface area contributed by atoms with E-state index in [2.05, 4.69) is 26.1 Å². The number of hydrogen-bond donors (Lipinski definition) is 3. The van der Waals surface area contributed by atoms with Crippen molar-refractivity contribution < 1.29 is 19.4 Å². The Hall–Kier alpha value is -4.81. The predicted molar refractivity (Wildman–Crippen MR) is 110 cm³/mol. The second kappa shape index (κ2) is 9.13. The van der Waals surface area contributed by atoms with Crippen molar-refractivity contribution in [2.45, 2.75) is 0 Å². The smallest absolute Gasteiger partial charge is 0.355 e. The van der Waals surface area contributed by atoms with E-state index < -0.39 is 21.5 Å². The van der Waals surface area contributed by atoms with Gasteiger partial charge in [-0.05, 0) is 24.3 Å². The van der Waals surface area contributed by atoms with Crippen LogP contribution in [0.2, 0.25) is 0 Å². The number of nitro benzene ring substituents is 1. The molecule has 3 N–H and O–H groups in total. The zero-order valence-corrected chi connectivity index (χ0v) is 15.9. The first-order valence-electron chi connectivity index (χ1n) is 8.61. The van der Waals surface area contributed by atoms with E-state index in [0.29, 0.717) is 5.69 Å². The third-order valence-corrected chi connectivity index (χ3v) is 3.99. The van der Waals surface area contributed by atoms with Crippen LogP contribution in [0.15, 0.2) is 54.9 Å². The number of nitro groups is 2. The topological polar surface area (TPSA) is 174 Å². The second-order valence-corrected chi connectivity index (χ2v) is 5.89. The summed E-state index contributed by atoms with van der Waals surface area (Å²) in [5, 5.41) is 25.2. The zero-order chi connectivity index (χ0) is 22.4. The number of ether oxygens (including phenoxy) is 1. The van der Waals surface area contributed by atoms with Crippen LogP contribution in [0.3, 0.4) is 0 Å². The van der Waals surface area contributed by atoms with E-state index in [1.54, 1.807) is 18.2 Å². The van der Waals surface area contributed by atoms with Gasteiger partial charge in [-0.2, -0.15) is 0 Å². The molecule has 2 aromatic carbocycles. The number of methoxy groups -OCH3 is 1. The fraction of sp³-hybridized carbons (Fsp3) is 0.0556. The molecule has 0 spiro atoms. The van der Waals surface area contributed by atoms with Gasteiger partial charge in [0.15, 0.2) is 0 Å². The van der Waals surface area contributed by atoms with Crippen LogP contribution in [0.5, 0.6) is 0 Å². The van der Waals surface area contributed by atoms with Crippen LogP contribution >= 0.6 is 0 Å². The molecule has 0 bridgehead atoms. The minimum absolute atomic E-state index is 0.102. The summed E-state index contributed by atoms with van der Waals surface area (Å²) in [6.07, 6.45) is 1.09. The number of esters is 1. The third-order valence-electron chi connectivity index (χ3n) is 3.99. The van der Waals surface area contributed by atoms with Gasteiger partial charge in [-0.15, -0.1) is 0 Å². The Morgan fingerprint density at radius 3 is 2.26 bits per heavy atom. The maximum Gasteiger partial charge on any atom is 0.355 e. The number of nitrogens with zero attached hydrogens (tertiary/aromatic N) is 4. The summed E-state index contributed by atoms with van der Waals surface area (Å²) in [6, 6.07) is 11.7. The van der Waals surface area contributed by atoms with Crippen LogP contribution in [0.1, 0.15) is 10.4 Å². The second-order valence-electron chi connectivity index (χ2n) is 5.89. The molecule has 0 amide bonds. The first kappa shape index (κ1) is 20.9. The Morgan fingerprint density at radius 1 is 0.935 bits per heavy atom. The lowest BCUT2D eigenvalue weighted by Crippen LogP contribution is -2.14. The number of hydrazine groups is 1. The SMILES string of the molecule is COC(=O)c1ccccc1Nc1ncnc(NNc2ccc([N+](=O)[O-])cc2)c1[N+](=O)[O-]. The van der Waals surface area contributed by atoms with Gasteiger partial charge in [-0.25, -0.2) is 14.8 Å². The van der Waals surface area contributed by atoms with Crippen molar-refractivity contribution in [3.05, 3.63) is 80.7 Å². The quantitative estimate of drug-likeness (QED) is 0.274. The molecular weight excluding hydrogens is 410 g/mol. The molecule has 0 unspecified atom stereocenters. The molecule has 1 aromatic heterocycles. The molecule has 31 heavy (non-hydrogen) atoms. The summed E-state index contributed by atoms with van der Waals surface area (Å²) < 4.78 is 4.72. The number of aromatic nitrogens is 2. The van der Waals surface area contributed by atoms with Crippen LogP contribution in [-0.2, 0) is 4.74 Å². The van der Waals surface area contributed by atoms with E-state index >= 15 is 0 Å². The predicted octanol–water partition coefficient (Wildman–Crippen LogP) is 3.26. The summed E-state index contributed by atoms with van der Waals surface area (Å²) in [4.78, 5) is 40.9. The number of carbonyl (C=O) groups excluding carboxylic acids is 1. The molecule has 1 heterocycles. The van der Waals surface area contributed by atoms with Gasteiger partial charge < -0.3 is 10.1 Å². The van der Waals surface area contributed by atoms with Crippen molar-refractivity contribution in [2.24, 2.45) is 0 Å². The number of anilines is 4. The molecule has 0 fully saturated rings. The number of carbonyl (C=O) groups is 1. The normalized spacial score (nSPS) is 10.1. The van der Waals surface area contributed by atoms with E-state index in [4.69, 9.17) is 4.74 Å². The Labute approximate surface area is 174 Å². The van der Waals surface area contributed by atoms with E-state index in [9.17, 15) is 25.0 Å². The third kappa shape index (κ3) is 4.79. The Balaban J connectivity index is 1.87. The molecule has 3 rings (SSSR count). The molecule has 0 aliphatic carbocycles. The van der Waals surface area contributed by atoms with E-state index in [-0.39, 0.29) is 28.6 Å². The maximum atomic E-state index is 11.9. The minimum Gasteiger partial charge on any atom is -0.465 e. The molecule has 0 aliphatic heterocycles. The molecular formula is C18H15N7O6. The summed E-state index contributed by atoms with van der Waals surface area (Å²) in [5.74, 6) is -0.959. The first-order chi connectivity index (χ1) is 14.9. The van der Waals surface area contributed by atoms with Crippen LogP contribution in [-0.4, -0.2) is 32.9 Å². The highest BCUT2D eigenvalue weighted by atomic mass is 16.6. The summed E-state index contributed by atoms with van der Waals surface area (Å²) in [7, 11) is 1.22.